The Labute approximate surface area is 266 Å². The van der Waals surface area contributed by atoms with E-state index >= 15 is 0 Å². The maximum atomic E-state index is 14.2. The van der Waals surface area contributed by atoms with Gasteiger partial charge in [0.25, 0.3) is 15.7 Å². The van der Waals surface area contributed by atoms with Crippen LogP contribution in [0.3, 0.4) is 0 Å². The van der Waals surface area contributed by atoms with E-state index in [0.29, 0.717) is 17.0 Å². The molecule has 236 valence electrons. The average Bonchev–Trinajstić information content (AvgIpc) is 2.97. The van der Waals surface area contributed by atoms with Crippen molar-refractivity contribution in [2.24, 2.45) is 0 Å². The number of aryl methyl sites for hydroxylation is 1. The smallest absolute Gasteiger partial charge is 0.273 e. The highest BCUT2D eigenvalue weighted by Crippen LogP contribution is 2.36. The van der Waals surface area contributed by atoms with Gasteiger partial charge in [0.05, 0.1) is 22.6 Å². The molecule has 0 aromatic heterocycles. The highest BCUT2D eigenvalue weighted by Gasteiger charge is 2.35. The third-order valence-electron chi connectivity index (χ3n) is 7.06. The molecule has 2 atom stereocenters. The van der Waals surface area contributed by atoms with Gasteiger partial charge in [0.15, 0.2) is 0 Å². The topological polar surface area (TPSA) is 139 Å². The molecule has 11 nitrogen and oxygen atoms in total. The number of nitro groups is 1. The highest BCUT2D eigenvalue weighted by molar-refractivity contribution is 7.92. The first-order valence-electron chi connectivity index (χ1n) is 13.6. The molecule has 0 saturated carbocycles. The van der Waals surface area contributed by atoms with Gasteiger partial charge in [-0.25, -0.2) is 8.42 Å². The Kier molecular flexibility index (Phi) is 11.6. The molecule has 0 spiro atoms. The zero-order valence-electron chi connectivity index (χ0n) is 24.9. The van der Waals surface area contributed by atoms with Crippen molar-refractivity contribution in [2.45, 2.75) is 57.6 Å². The van der Waals surface area contributed by atoms with Gasteiger partial charge in [0.1, 0.15) is 18.3 Å². The van der Waals surface area contributed by atoms with Crippen LogP contribution in [0.5, 0.6) is 5.75 Å². The van der Waals surface area contributed by atoms with Crippen LogP contribution in [0.4, 0.5) is 11.4 Å². The molecule has 44 heavy (non-hydrogen) atoms. The molecular weight excluding hydrogens is 631 g/mol. The van der Waals surface area contributed by atoms with Crippen molar-refractivity contribution < 1.29 is 27.7 Å². The van der Waals surface area contributed by atoms with Crippen LogP contribution in [0.15, 0.2) is 65.6 Å². The summed E-state index contributed by atoms with van der Waals surface area (Å²) in [5, 5.41) is 15.1. The van der Waals surface area contributed by atoms with Crippen molar-refractivity contribution >= 4 is 56.4 Å². The number of nitrogens with one attached hydrogen (secondary N) is 1. The molecule has 2 amide bonds. The molecule has 1 N–H and O–H groups in total. The second kappa shape index (κ2) is 14.7. The van der Waals surface area contributed by atoms with E-state index in [1.165, 1.54) is 49.3 Å². The number of hydrogen-bond acceptors (Lipinski definition) is 7. The summed E-state index contributed by atoms with van der Waals surface area (Å²) in [6.07, 6.45) is 0.657. The van der Waals surface area contributed by atoms with Gasteiger partial charge in [0.2, 0.25) is 11.8 Å². The van der Waals surface area contributed by atoms with Crippen LogP contribution in [0.2, 0.25) is 10.0 Å². The maximum absolute atomic E-state index is 14.2. The summed E-state index contributed by atoms with van der Waals surface area (Å²) < 4.78 is 34.6. The molecule has 0 heterocycles. The summed E-state index contributed by atoms with van der Waals surface area (Å²) in [7, 11) is -3.31. The first-order valence-corrected chi connectivity index (χ1v) is 15.8. The third-order valence-corrected chi connectivity index (χ3v) is 9.29. The van der Waals surface area contributed by atoms with E-state index in [-0.39, 0.29) is 34.6 Å². The van der Waals surface area contributed by atoms with Gasteiger partial charge in [-0.3, -0.25) is 24.0 Å². The van der Waals surface area contributed by atoms with Gasteiger partial charge in [-0.2, -0.15) is 0 Å². The van der Waals surface area contributed by atoms with Crippen molar-refractivity contribution in [3.05, 3.63) is 92.0 Å². The first-order chi connectivity index (χ1) is 20.7. The predicted molar refractivity (Wildman–Crippen MR) is 170 cm³/mol. The number of carbonyl (C=O) groups is 2. The van der Waals surface area contributed by atoms with Crippen molar-refractivity contribution in [1.82, 2.24) is 10.2 Å². The molecule has 0 aliphatic carbocycles. The van der Waals surface area contributed by atoms with Crippen LogP contribution in [0.25, 0.3) is 0 Å². The Morgan fingerprint density at radius 2 is 1.73 bits per heavy atom. The van der Waals surface area contributed by atoms with E-state index in [1.807, 2.05) is 13.8 Å². The number of anilines is 1. The highest BCUT2D eigenvalue weighted by atomic mass is 35.5. The van der Waals surface area contributed by atoms with Gasteiger partial charge in [-0.1, -0.05) is 48.3 Å². The molecule has 3 aromatic carbocycles. The molecule has 3 aromatic rings. The molecule has 0 saturated heterocycles. The van der Waals surface area contributed by atoms with Gasteiger partial charge in [0, 0.05) is 34.3 Å². The van der Waals surface area contributed by atoms with Crippen molar-refractivity contribution in [1.29, 1.82) is 0 Å². The second-order valence-corrected chi connectivity index (χ2v) is 12.9. The number of methoxy groups -OCH3 is 1. The second-order valence-electron chi connectivity index (χ2n) is 10.2. The van der Waals surface area contributed by atoms with E-state index in [4.69, 9.17) is 27.9 Å². The van der Waals surface area contributed by atoms with Crippen molar-refractivity contribution in [3.63, 3.8) is 0 Å². The monoisotopic (exact) mass is 664 g/mol. The van der Waals surface area contributed by atoms with Crippen LogP contribution in [0, 0.1) is 17.0 Å². The predicted octanol–water partition coefficient (Wildman–Crippen LogP) is 5.75. The number of halogens is 2. The lowest BCUT2D eigenvalue weighted by atomic mass is 10.1. The zero-order chi connectivity index (χ0) is 32.8. The van der Waals surface area contributed by atoms with E-state index in [0.717, 1.165) is 10.4 Å². The Morgan fingerprint density at radius 3 is 2.34 bits per heavy atom. The normalized spacial score (nSPS) is 12.6. The van der Waals surface area contributed by atoms with E-state index in [9.17, 15) is 28.1 Å². The molecule has 0 aliphatic heterocycles. The van der Waals surface area contributed by atoms with Crippen LogP contribution in [-0.4, -0.2) is 55.8 Å². The number of rotatable bonds is 13. The Balaban J connectivity index is 2.16. The zero-order valence-corrected chi connectivity index (χ0v) is 27.2. The lowest BCUT2D eigenvalue weighted by Gasteiger charge is -2.33. The van der Waals surface area contributed by atoms with Gasteiger partial charge >= 0.3 is 0 Å². The molecule has 0 unspecified atom stereocenters. The minimum Gasteiger partial charge on any atom is -0.495 e. The number of carbonyl (C=O) groups excluding carboxylic acids is 2. The standard InChI is InChI=1S/C30H34Cl2N4O7S/c1-6-20(3)33-30(38)21(4)34(17-22-8-7-9-23(31)14-22)29(37)18-35(27-15-24(32)11-13-28(27)43-5)44(41,42)25-12-10-19(2)26(16-25)36(39)40/h7-16,20-21H,6,17-18H2,1-5H3,(H,33,38)/t20-,21+/m0/s1. The maximum Gasteiger partial charge on any atom is 0.273 e. The number of nitrogens with zero attached hydrogens (tertiary/aromatic N) is 3. The number of ether oxygens (including phenoxy) is 1. The Morgan fingerprint density at radius 1 is 1.05 bits per heavy atom. The number of benzene rings is 3. The average molecular weight is 666 g/mol. The fourth-order valence-corrected chi connectivity index (χ4v) is 6.14. The summed E-state index contributed by atoms with van der Waals surface area (Å²) in [4.78, 5) is 39.1. The van der Waals surface area contributed by atoms with E-state index in [2.05, 4.69) is 5.32 Å². The fourth-order valence-electron chi connectivity index (χ4n) is 4.33. The van der Waals surface area contributed by atoms with Gasteiger partial charge in [-0.15, -0.1) is 0 Å². The lowest BCUT2D eigenvalue weighted by molar-refractivity contribution is -0.385. The van der Waals surface area contributed by atoms with E-state index in [1.54, 1.807) is 31.2 Å². The minimum absolute atomic E-state index is 0.0644. The quantitative estimate of drug-likeness (QED) is 0.181. The summed E-state index contributed by atoms with van der Waals surface area (Å²) in [5.41, 5.74) is 0.382. The number of amides is 2. The lowest BCUT2D eigenvalue weighted by Crippen LogP contribution is -2.52. The summed E-state index contributed by atoms with van der Waals surface area (Å²) >= 11 is 12.4. The molecular formula is C30H34Cl2N4O7S. The van der Waals surface area contributed by atoms with Gasteiger partial charge in [-0.05, 0) is 69.2 Å². The van der Waals surface area contributed by atoms with Crippen molar-refractivity contribution in [3.8, 4) is 5.75 Å². The third kappa shape index (κ3) is 8.19. The molecule has 0 aliphatic rings. The summed E-state index contributed by atoms with van der Waals surface area (Å²) in [5.74, 6) is -1.08. The number of nitro benzene ring substituents is 1. The van der Waals surface area contributed by atoms with Crippen LogP contribution in [-0.2, 0) is 26.2 Å². The molecule has 0 fully saturated rings. The van der Waals surface area contributed by atoms with Gasteiger partial charge < -0.3 is 15.0 Å². The number of sulfonamides is 1. The first kappa shape index (κ1) is 34.6. The fraction of sp³-hybridized carbons (Fsp3) is 0.333. The van der Waals surface area contributed by atoms with Crippen LogP contribution in [0.1, 0.15) is 38.3 Å². The van der Waals surface area contributed by atoms with Crippen LogP contribution >= 0.6 is 23.2 Å². The van der Waals surface area contributed by atoms with Crippen LogP contribution < -0.4 is 14.4 Å². The SMILES string of the molecule is CC[C@H](C)NC(=O)[C@@H](C)N(Cc1cccc(Cl)c1)C(=O)CN(c1cc(Cl)ccc1OC)S(=O)(=O)c1ccc(C)c([N+](=O)[O-])c1. The largest absolute Gasteiger partial charge is 0.495 e. The molecule has 3 rings (SSSR count). The Hall–Kier alpha value is -3.87. The Bertz CT molecular complexity index is 1650. The number of hydrogen-bond donors (Lipinski definition) is 1. The van der Waals surface area contributed by atoms with Crippen molar-refractivity contribution in [2.75, 3.05) is 18.0 Å². The van der Waals surface area contributed by atoms with E-state index < -0.39 is 49.9 Å². The molecule has 14 heteroatoms. The summed E-state index contributed by atoms with van der Waals surface area (Å²) in [6.45, 7) is 5.90. The summed E-state index contributed by atoms with van der Waals surface area (Å²) in [6, 6.07) is 13.3. The minimum atomic E-state index is -4.63. The molecule has 0 radical (unpaired) electrons. The molecule has 0 bridgehead atoms.